The molecular formula is C21H19F2NO4. The summed E-state index contributed by atoms with van der Waals surface area (Å²) in [6, 6.07) is 8.42. The molecule has 0 amide bonds. The van der Waals surface area contributed by atoms with Gasteiger partial charge in [-0.05, 0) is 48.1 Å². The Kier molecular flexibility index (Phi) is 5.18. The number of nitrogens with zero attached hydrogens (tertiary/aromatic N) is 1. The second kappa shape index (κ2) is 7.42. The maximum atomic E-state index is 14.8. The quantitative estimate of drug-likeness (QED) is 0.654. The summed E-state index contributed by atoms with van der Waals surface area (Å²) in [6.45, 7) is 5.06. The third kappa shape index (κ3) is 3.47. The average Bonchev–Trinajstić information content (AvgIpc) is 2.64. The summed E-state index contributed by atoms with van der Waals surface area (Å²) in [7, 11) is 0. The fourth-order valence-corrected chi connectivity index (χ4v) is 2.98. The molecule has 2 N–H and O–H groups in total. The Bertz CT molecular complexity index is 1050. The van der Waals surface area contributed by atoms with Crippen LogP contribution in [0.15, 0.2) is 36.4 Å². The van der Waals surface area contributed by atoms with E-state index in [2.05, 4.69) is 4.98 Å². The Morgan fingerprint density at radius 3 is 2.29 bits per heavy atom. The smallest absolute Gasteiger partial charge is 0.344 e. The van der Waals surface area contributed by atoms with E-state index in [0.29, 0.717) is 22.2 Å². The SMILES string of the molecule is CC(C)c1nc(O[C@H](C)C(=O)O)c2c(F)c(O)ccc2c1-c1ccc(F)cc1. The standard InChI is InChI=1S/C21H19F2NO4/c1-10(2)19-16(12-4-6-13(22)7-5-12)14-8-9-15(25)18(23)17(14)20(24-19)28-11(3)21(26)27/h4-11,25H,1-3H3,(H,26,27)/t11-/m1/s1. The predicted molar refractivity (Wildman–Crippen MR) is 101 cm³/mol. The summed E-state index contributed by atoms with van der Waals surface area (Å²) in [5.74, 6) is -3.55. The highest BCUT2D eigenvalue weighted by molar-refractivity contribution is 6.01. The van der Waals surface area contributed by atoms with Crippen molar-refractivity contribution in [2.24, 2.45) is 0 Å². The van der Waals surface area contributed by atoms with Crippen molar-refractivity contribution in [2.75, 3.05) is 0 Å². The maximum absolute atomic E-state index is 14.8. The molecule has 1 atom stereocenters. The fraction of sp³-hybridized carbons (Fsp3) is 0.238. The first-order valence-electron chi connectivity index (χ1n) is 8.71. The van der Waals surface area contributed by atoms with E-state index in [1.165, 1.54) is 31.2 Å². The van der Waals surface area contributed by atoms with E-state index in [4.69, 9.17) is 9.84 Å². The van der Waals surface area contributed by atoms with Gasteiger partial charge in [-0.25, -0.2) is 18.6 Å². The number of carboxylic acids is 1. The fourth-order valence-electron chi connectivity index (χ4n) is 2.98. The second-order valence-electron chi connectivity index (χ2n) is 6.76. The second-order valence-corrected chi connectivity index (χ2v) is 6.76. The van der Waals surface area contributed by atoms with Crippen molar-refractivity contribution in [3.8, 4) is 22.8 Å². The van der Waals surface area contributed by atoms with Crippen molar-refractivity contribution in [1.29, 1.82) is 0 Å². The van der Waals surface area contributed by atoms with Crippen molar-refractivity contribution >= 4 is 16.7 Å². The van der Waals surface area contributed by atoms with Gasteiger partial charge in [-0.2, -0.15) is 0 Å². The Labute approximate surface area is 160 Å². The van der Waals surface area contributed by atoms with Gasteiger partial charge < -0.3 is 14.9 Å². The van der Waals surface area contributed by atoms with Crippen LogP contribution in [0, 0.1) is 11.6 Å². The summed E-state index contributed by atoms with van der Waals surface area (Å²) in [5, 5.41) is 19.2. The molecule has 0 fully saturated rings. The number of ether oxygens (including phenoxy) is 1. The number of phenols is 1. The van der Waals surface area contributed by atoms with E-state index in [1.54, 1.807) is 12.1 Å². The molecule has 3 rings (SSSR count). The molecule has 0 radical (unpaired) electrons. The number of aromatic hydroxyl groups is 1. The van der Waals surface area contributed by atoms with Crippen LogP contribution in [-0.2, 0) is 4.79 Å². The topological polar surface area (TPSA) is 79.7 Å². The lowest BCUT2D eigenvalue weighted by atomic mass is 9.92. The third-order valence-electron chi connectivity index (χ3n) is 4.40. The number of benzene rings is 2. The van der Waals surface area contributed by atoms with Crippen LogP contribution in [0.5, 0.6) is 11.6 Å². The molecule has 1 aromatic heterocycles. The summed E-state index contributed by atoms with van der Waals surface area (Å²) in [5.41, 5.74) is 1.72. The highest BCUT2D eigenvalue weighted by Gasteiger charge is 2.25. The van der Waals surface area contributed by atoms with Crippen LogP contribution in [0.3, 0.4) is 0 Å². The normalized spacial score (nSPS) is 12.4. The number of hydrogen-bond donors (Lipinski definition) is 2. The minimum atomic E-state index is -1.27. The first kappa shape index (κ1) is 19.5. The Morgan fingerprint density at radius 1 is 1.07 bits per heavy atom. The van der Waals surface area contributed by atoms with Crippen LogP contribution >= 0.6 is 0 Å². The van der Waals surface area contributed by atoms with Gasteiger partial charge in [0.2, 0.25) is 5.88 Å². The number of pyridine rings is 1. The molecule has 0 saturated carbocycles. The number of phenolic OH excluding ortho intramolecular Hbond substituents is 1. The highest BCUT2D eigenvalue weighted by Crippen LogP contribution is 2.41. The highest BCUT2D eigenvalue weighted by atomic mass is 19.1. The van der Waals surface area contributed by atoms with E-state index in [0.717, 1.165) is 0 Å². The lowest BCUT2D eigenvalue weighted by molar-refractivity contribution is -0.144. The van der Waals surface area contributed by atoms with Gasteiger partial charge in [-0.1, -0.05) is 26.0 Å². The number of aromatic nitrogens is 1. The van der Waals surface area contributed by atoms with E-state index in [9.17, 15) is 18.7 Å². The molecule has 0 saturated heterocycles. The lowest BCUT2D eigenvalue weighted by Gasteiger charge is -2.20. The predicted octanol–water partition coefficient (Wildman–Crippen LogP) is 4.86. The van der Waals surface area contributed by atoms with E-state index in [1.807, 2.05) is 13.8 Å². The lowest BCUT2D eigenvalue weighted by Crippen LogP contribution is -2.24. The molecule has 0 bridgehead atoms. The van der Waals surface area contributed by atoms with Gasteiger partial charge >= 0.3 is 5.97 Å². The molecule has 146 valence electrons. The summed E-state index contributed by atoms with van der Waals surface area (Å²) in [6.07, 6.45) is -1.27. The number of aliphatic carboxylic acids is 1. The monoisotopic (exact) mass is 387 g/mol. The minimum absolute atomic E-state index is 0.121. The maximum Gasteiger partial charge on any atom is 0.344 e. The Hall–Kier alpha value is -3.22. The summed E-state index contributed by atoms with van der Waals surface area (Å²) in [4.78, 5) is 15.6. The Balaban J connectivity index is 2.40. The van der Waals surface area contributed by atoms with Crippen LogP contribution < -0.4 is 4.74 Å². The molecule has 7 heteroatoms. The van der Waals surface area contributed by atoms with Crippen LogP contribution in [0.25, 0.3) is 21.9 Å². The summed E-state index contributed by atoms with van der Waals surface area (Å²) >= 11 is 0. The van der Waals surface area contributed by atoms with Crippen molar-refractivity contribution in [2.45, 2.75) is 32.8 Å². The number of rotatable bonds is 5. The van der Waals surface area contributed by atoms with Crippen LogP contribution in [0.2, 0.25) is 0 Å². The van der Waals surface area contributed by atoms with Crippen LogP contribution in [0.1, 0.15) is 32.4 Å². The van der Waals surface area contributed by atoms with Gasteiger partial charge in [0.05, 0.1) is 11.1 Å². The summed E-state index contributed by atoms with van der Waals surface area (Å²) < 4.78 is 33.6. The minimum Gasteiger partial charge on any atom is -0.505 e. The first-order valence-corrected chi connectivity index (χ1v) is 8.71. The van der Waals surface area contributed by atoms with E-state index >= 15 is 0 Å². The number of halogens is 2. The zero-order valence-electron chi connectivity index (χ0n) is 15.5. The molecule has 0 aliphatic heterocycles. The molecule has 28 heavy (non-hydrogen) atoms. The number of carboxylic acid groups (broad SMARTS) is 1. The average molecular weight is 387 g/mol. The molecule has 0 spiro atoms. The van der Waals surface area contributed by atoms with Gasteiger partial charge in [0.1, 0.15) is 5.82 Å². The molecule has 0 unspecified atom stereocenters. The zero-order chi connectivity index (χ0) is 20.6. The number of fused-ring (bicyclic) bond motifs is 1. The van der Waals surface area contributed by atoms with Gasteiger partial charge in [-0.15, -0.1) is 0 Å². The van der Waals surface area contributed by atoms with Gasteiger partial charge in [0, 0.05) is 5.56 Å². The number of carbonyl (C=O) groups is 1. The number of hydrogen-bond acceptors (Lipinski definition) is 4. The largest absolute Gasteiger partial charge is 0.505 e. The van der Waals surface area contributed by atoms with Crippen LogP contribution in [-0.4, -0.2) is 27.3 Å². The molecule has 0 aliphatic carbocycles. The zero-order valence-corrected chi connectivity index (χ0v) is 15.5. The molecule has 0 aliphatic rings. The Morgan fingerprint density at radius 2 is 1.71 bits per heavy atom. The van der Waals surface area contributed by atoms with Gasteiger partial charge in [0.15, 0.2) is 17.7 Å². The van der Waals surface area contributed by atoms with Gasteiger partial charge in [0.25, 0.3) is 0 Å². The molecule has 5 nitrogen and oxygen atoms in total. The van der Waals surface area contributed by atoms with Crippen molar-refractivity contribution in [1.82, 2.24) is 4.98 Å². The third-order valence-corrected chi connectivity index (χ3v) is 4.40. The molecule has 1 heterocycles. The molecule has 2 aromatic carbocycles. The van der Waals surface area contributed by atoms with Crippen molar-refractivity contribution < 1.29 is 28.5 Å². The van der Waals surface area contributed by atoms with E-state index in [-0.39, 0.29) is 17.2 Å². The first-order chi connectivity index (χ1) is 13.2. The van der Waals surface area contributed by atoms with Crippen LogP contribution in [0.4, 0.5) is 8.78 Å². The van der Waals surface area contributed by atoms with E-state index < -0.39 is 29.5 Å². The molecular weight excluding hydrogens is 368 g/mol. The van der Waals surface area contributed by atoms with Gasteiger partial charge in [-0.3, -0.25) is 0 Å². The van der Waals surface area contributed by atoms with Crippen molar-refractivity contribution in [3.05, 3.63) is 53.7 Å². The molecule has 3 aromatic rings. The van der Waals surface area contributed by atoms with Crippen molar-refractivity contribution in [3.63, 3.8) is 0 Å².